The Morgan fingerprint density at radius 1 is 1.15 bits per heavy atom. The van der Waals surface area contributed by atoms with Gasteiger partial charge in [0.1, 0.15) is 0 Å². The molecule has 0 saturated heterocycles. The average molecular weight is 391 g/mol. The molecule has 0 amide bonds. The highest BCUT2D eigenvalue weighted by Crippen LogP contribution is 2.23. The minimum Gasteiger partial charge on any atom is -0.308 e. The van der Waals surface area contributed by atoms with Crippen molar-refractivity contribution in [3.8, 4) is 5.69 Å². The predicted molar refractivity (Wildman–Crippen MR) is 109 cm³/mol. The summed E-state index contributed by atoms with van der Waals surface area (Å²) in [5.41, 5.74) is 3.28. The van der Waals surface area contributed by atoms with Crippen molar-refractivity contribution in [1.82, 2.24) is 19.8 Å². The van der Waals surface area contributed by atoms with Crippen LogP contribution in [0.3, 0.4) is 0 Å². The monoisotopic (exact) mass is 390 g/mol. The van der Waals surface area contributed by atoms with Gasteiger partial charge in [0.15, 0.2) is 0 Å². The highest BCUT2D eigenvalue weighted by Gasteiger charge is 2.27. The van der Waals surface area contributed by atoms with Crippen molar-refractivity contribution < 1.29 is 8.42 Å². The second-order valence-corrected chi connectivity index (χ2v) is 9.52. The summed E-state index contributed by atoms with van der Waals surface area (Å²) in [6, 6.07) is 10.2. The number of aromatic nitrogens is 2. The minimum atomic E-state index is -3.20. The standard InChI is InChI=1S/C20H30N4O2S/c1-15(2)20-16(14-24(22-20)17-9-5-4-6-10-17)13-21-18-11-7-8-12-19(18)23-27(3,25)26/h4-6,9-10,14-15,18-19,21,23H,7-8,11-13H2,1-3H3. The summed E-state index contributed by atoms with van der Waals surface area (Å²) in [7, 11) is -3.20. The fourth-order valence-electron chi connectivity index (χ4n) is 3.79. The van der Waals surface area contributed by atoms with Gasteiger partial charge in [0.2, 0.25) is 10.0 Å². The first kappa shape index (κ1) is 20.0. The maximum absolute atomic E-state index is 11.7. The maximum Gasteiger partial charge on any atom is 0.209 e. The Labute approximate surface area is 162 Å². The largest absolute Gasteiger partial charge is 0.308 e. The molecule has 27 heavy (non-hydrogen) atoms. The number of hydrogen-bond acceptors (Lipinski definition) is 4. The number of rotatable bonds is 7. The second kappa shape index (κ2) is 8.54. The molecule has 0 radical (unpaired) electrons. The van der Waals surface area contributed by atoms with E-state index < -0.39 is 10.0 Å². The molecule has 1 saturated carbocycles. The Bertz CT molecular complexity index is 846. The SMILES string of the molecule is CC(C)c1nn(-c2ccccc2)cc1CNC1CCCCC1NS(C)(=O)=O. The zero-order chi connectivity index (χ0) is 19.4. The predicted octanol–water partition coefficient (Wildman–Crippen LogP) is 2.95. The highest BCUT2D eigenvalue weighted by atomic mass is 32.2. The van der Waals surface area contributed by atoms with Crippen LogP contribution in [0, 0.1) is 0 Å². The van der Waals surface area contributed by atoms with Gasteiger partial charge in [-0.15, -0.1) is 0 Å². The van der Waals surface area contributed by atoms with Crippen LogP contribution in [0.4, 0.5) is 0 Å². The quantitative estimate of drug-likeness (QED) is 0.762. The number of nitrogens with zero attached hydrogens (tertiary/aromatic N) is 2. The van der Waals surface area contributed by atoms with Crippen molar-refractivity contribution in [1.29, 1.82) is 0 Å². The van der Waals surface area contributed by atoms with Gasteiger partial charge in [-0.05, 0) is 30.9 Å². The molecule has 2 atom stereocenters. The Hall–Kier alpha value is -1.70. The fourth-order valence-corrected chi connectivity index (χ4v) is 4.62. The van der Waals surface area contributed by atoms with Crippen molar-refractivity contribution in [3.63, 3.8) is 0 Å². The van der Waals surface area contributed by atoms with Gasteiger partial charge in [-0.25, -0.2) is 17.8 Å². The summed E-state index contributed by atoms with van der Waals surface area (Å²) in [6.07, 6.45) is 7.37. The van der Waals surface area contributed by atoms with E-state index in [1.165, 1.54) is 6.26 Å². The van der Waals surface area contributed by atoms with Crippen LogP contribution in [-0.2, 0) is 16.6 Å². The van der Waals surface area contributed by atoms with Crippen LogP contribution in [0.25, 0.3) is 5.69 Å². The molecule has 0 bridgehead atoms. The lowest BCUT2D eigenvalue weighted by molar-refractivity contribution is 0.309. The molecule has 2 unspecified atom stereocenters. The lowest BCUT2D eigenvalue weighted by Crippen LogP contribution is -2.51. The van der Waals surface area contributed by atoms with Gasteiger partial charge in [0.05, 0.1) is 17.6 Å². The van der Waals surface area contributed by atoms with E-state index in [0.717, 1.165) is 42.6 Å². The lowest BCUT2D eigenvalue weighted by Gasteiger charge is -2.32. The van der Waals surface area contributed by atoms with E-state index in [1.54, 1.807) is 0 Å². The van der Waals surface area contributed by atoms with Crippen LogP contribution in [0.1, 0.15) is 56.7 Å². The molecule has 1 aromatic heterocycles. The summed E-state index contributed by atoms with van der Waals surface area (Å²) < 4.78 is 28.1. The molecule has 2 aromatic rings. The molecule has 1 aliphatic rings. The Balaban J connectivity index is 1.75. The summed E-state index contributed by atoms with van der Waals surface area (Å²) in [5, 5.41) is 8.38. The number of benzene rings is 1. The lowest BCUT2D eigenvalue weighted by atomic mass is 9.91. The zero-order valence-electron chi connectivity index (χ0n) is 16.4. The van der Waals surface area contributed by atoms with Gasteiger partial charge in [0.25, 0.3) is 0 Å². The fraction of sp³-hybridized carbons (Fsp3) is 0.550. The maximum atomic E-state index is 11.7. The Morgan fingerprint density at radius 3 is 2.44 bits per heavy atom. The third kappa shape index (κ3) is 5.40. The van der Waals surface area contributed by atoms with E-state index in [0.29, 0.717) is 12.5 Å². The van der Waals surface area contributed by atoms with Gasteiger partial charge in [0, 0.05) is 30.4 Å². The van der Waals surface area contributed by atoms with Crippen molar-refractivity contribution in [2.45, 2.75) is 64.1 Å². The summed E-state index contributed by atoms with van der Waals surface area (Å²) >= 11 is 0. The molecule has 148 valence electrons. The van der Waals surface area contributed by atoms with E-state index in [4.69, 9.17) is 5.10 Å². The third-order valence-electron chi connectivity index (χ3n) is 5.08. The van der Waals surface area contributed by atoms with Gasteiger partial charge in [-0.2, -0.15) is 5.10 Å². The molecule has 7 heteroatoms. The van der Waals surface area contributed by atoms with E-state index in [1.807, 2.05) is 35.0 Å². The van der Waals surface area contributed by atoms with Crippen LogP contribution < -0.4 is 10.0 Å². The van der Waals surface area contributed by atoms with Crippen LogP contribution in [0.5, 0.6) is 0 Å². The molecule has 0 spiro atoms. The zero-order valence-corrected chi connectivity index (χ0v) is 17.2. The number of nitrogens with one attached hydrogen (secondary N) is 2. The second-order valence-electron chi connectivity index (χ2n) is 7.74. The van der Waals surface area contributed by atoms with E-state index in [2.05, 4.69) is 30.1 Å². The molecule has 0 aliphatic heterocycles. The van der Waals surface area contributed by atoms with Gasteiger partial charge in [-0.3, -0.25) is 0 Å². The molecule has 6 nitrogen and oxygen atoms in total. The molecule has 2 N–H and O–H groups in total. The van der Waals surface area contributed by atoms with Gasteiger partial charge < -0.3 is 5.32 Å². The van der Waals surface area contributed by atoms with Crippen molar-refractivity contribution in [3.05, 3.63) is 47.8 Å². The molecular formula is C20H30N4O2S. The normalized spacial score (nSPS) is 20.9. The summed E-state index contributed by atoms with van der Waals surface area (Å²) in [5.74, 6) is 0.322. The number of sulfonamides is 1. The highest BCUT2D eigenvalue weighted by molar-refractivity contribution is 7.88. The van der Waals surface area contributed by atoms with Crippen molar-refractivity contribution in [2.24, 2.45) is 0 Å². The number of para-hydroxylation sites is 1. The van der Waals surface area contributed by atoms with Crippen LogP contribution in [0.2, 0.25) is 0 Å². The summed E-state index contributed by atoms with van der Waals surface area (Å²) in [6.45, 7) is 4.98. The molecule has 3 rings (SSSR count). The molecule has 1 fully saturated rings. The molecule has 1 aliphatic carbocycles. The van der Waals surface area contributed by atoms with E-state index in [9.17, 15) is 8.42 Å². The Kier molecular flexibility index (Phi) is 6.34. The first-order valence-corrected chi connectivity index (χ1v) is 11.6. The third-order valence-corrected chi connectivity index (χ3v) is 5.81. The van der Waals surface area contributed by atoms with Crippen LogP contribution in [0.15, 0.2) is 36.5 Å². The molecule has 1 heterocycles. The summed E-state index contributed by atoms with van der Waals surface area (Å²) in [4.78, 5) is 0. The van der Waals surface area contributed by atoms with Gasteiger partial charge in [-0.1, -0.05) is 44.9 Å². The Morgan fingerprint density at radius 2 is 1.81 bits per heavy atom. The topological polar surface area (TPSA) is 76.0 Å². The first-order valence-electron chi connectivity index (χ1n) is 9.68. The molecular weight excluding hydrogens is 360 g/mol. The van der Waals surface area contributed by atoms with E-state index >= 15 is 0 Å². The first-order chi connectivity index (χ1) is 12.8. The number of hydrogen-bond donors (Lipinski definition) is 2. The van der Waals surface area contributed by atoms with Crippen molar-refractivity contribution in [2.75, 3.05) is 6.26 Å². The van der Waals surface area contributed by atoms with Crippen LogP contribution >= 0.6 is 0 Å². The molecule has 1 aromatic carbocycles. The van der Waals surface area contributed by atoms with Crippen molar-refractivity contribution >= 4 is 10.0 Å². The minimum absolute atomic E-state index is 0.0413. The van der Waals surface area contributed by atoms with Crippen LogP contribution in [-0.4, -0.2) is 36.5 Å². The van der Waals surface area contributed by atoms with E-state index in [-0.39, 0.29) is 12.1 Å². The van der Waals surface area contributed by atoms with Gasteiger partial charge >= 0.3 is 0 Å². The average Bonchev–Trinajstić information content (AvgIpc) is 3.05. The smallest absolute Gasteiger partial charge is 0.209 e.